The van der Waals surface area contributed by atoms with Gasteiger partial charge in [-0.3, -0.25) is 4.72 Å². The van der Waals surface area contributed by atoms with Gasteiger partial charge in [0.2, 0.25) is 0 Å². The Morgan fingerprint density at radius 1 is 1.29 bits per heavy atom. The van der Waals surface area contributed by atoms with E-state index in [9.17, 15) is 8.42 Å². The Kier molecular flexibility index (Phi) is 5.10. The van der Waals surface area contributed by atoms with E-state index in [1.54, 1.807) is 18.3 Å². The Balaban J connectivity index is 1.75. The van der Waals surface area contributed by atoms with Crippen molar-refractivity contribution in [3.05, 3.63) is 35.3 Å². The molecule has 0 saturated carbocycles. The van der Waals surface area contributed by atoms with Crippen molar-refractivity contribution in [1.82, 2.24) is 4.98 Å². The molecule has 130 valence electrons. The number of aromatic nitrogens is 1. The fourth-order valence-electron chi connectivity index (χ4n) is 3.10. The third kappa shape index (κ3) is 3.72. The van der Waals surface area contributed by atoms with Crippen molar-refractivity contribution in [2.24, 2.45) is 0 Å². The van der Waals surface area contributed by atoms with Crippen molar-refractivity contribution in [2.75, 3.05) is 16.2 Å². The molecule has 0 radical (unpaired) electrons. The maximum absolute atomic E-state index is 12.4. The predicted octanol–water partition coefficient (Wildman–Crippen LogP) is 4.02. The van der Waals surface area contributed by atoms with E-state index in [4.69, 9.17) is 0 Å². The van der Waals surface area contributed by atoms with E-state index < -0.39 is 10.0 Å². The fourth-order valence-corrected chi connectivity index (χ4v) is 5.43. The van der Waals surface area contributed by atoms with Gasteiger partial charge >= 0.3 is 0 Å². The Bertz CT molecular complexity index is 784. The Labute approximate surface area is 147 Å². The number of pyridine rings is 1. The van der Waals surface area contributed by atoms with Crippen LogP contribution in [-0.4, -0.2) is 26.0 Å². The smallest absolute Gasteiger partial charge is 0.271 e. The number of anilines is 2. The summed E-state index contributed by atoms with van der Waals surface area (Å²) in [6, 6.07) is 7.67. The SMILES string of the molecule is CCC1CCCCN1c1ccc(NS(=O)(=O)c2ccc(C)s2)cn1. The summed E-state index contributed by atoms with van der Waals surface area (Å²) in [7, 11) is -3.53. The quantitative estimate of drug-likeness (QED) is 0.869. The van der Waals surface area contributed by atoms with Crippen LogP contribution in [0.2, 0.25) is 0 Å². The Morgan fingerprint density at radius 3 is 2.75 bits per heavy atom. The maximum atomic E-state index is 12.4. The molecule has 1 fully saturated rings. The molecule has 0 bridgehead atoms. The van der Waals surface area contributed by atoms with E-state index in [1.165, 1.54) is 30.6 Å². The van der Waals surface area contributed by atoms with Gasteiger partial charge in [-0.05, 0) is 56.9 Å². The van der Waals surface area contributed by atoms with E-state index in [-0.39, 0.29) is 0 Å². The lowest BCUT2D eigenvalue weighted by atomic mass is 10.00. The lowest BCUT2D eigenvalue weighted by Crippen LogP contribution is -2.39. The van der Waals surface area contributed by atoms with Gasteiger partial charge in [-0.2, -0.15) is 0 Å². The van der Waals surface area contributed by atoms with Crippen LogP contribution in [0.1, 0.15) is 37.5 Å². The summed E-state index contributed by atoms with van der Waals surface area (Å²) in [4.78, 5) is 7.80. The molecule has 1 unspecified atom stereocenters. The van der Waals surface area contributed by atoms with Crippen LogP contribution in [0.15, 0.2) is 34.7 Å². The van der Waals surface area contributed by atoms with Crippen LogP contribution in [0.5, 0.6) is 0 Å². The van der Waals surface area contributed by atoms with Gasteiger partial charge in [0.1, 0.15) is 10.0 Å². The highest BCUT2D eigenvalue weighted by Gasteiger charge is 2.22. The zero-order chi connectivity index (χ0) is 17.2. The first-order valence-corrected chi connectivity index (χ1v) is 10.6. The van der Waals surface area contributed by atoms with Crippen LogP contribution in [0, 0.1) is 6.92 Å². The molecule has 1 atom stereocenters. The zero-order valence-electron chi connectivity index (χ0n) is 14.0. The van der Waals surface area contributed by atoms with Crippen molar-refractivity contribution in [3.63, 3.8) is 0 Å². The maximum Gasteiger partial charge on any atom is 0.271 e. The molecule has 5 nitrogen and oxygen atoms in total. The Morgan fingerprint density at radius 2 is 2.12 bits per heavy atom. The molecular weight excluding hydrogens is 342 g/mol. The van der Waals surface area contributed by atoms with Gasteiger partial charge in [0.15, 0.2) is 0 Å². The van der Waals surface area contributed by atoms with Crippen molar-refractivity contribution >= 4 is 32.9 Å². The molecule has 1 saturated heterocycles. The number of aryl methyl sites for hydroxylation is 1. The number of hydrogen-bond donors (Lipinski definition) is 1. The highest BCUT2D eigenvalue weighted by atomic mass is 32.2. The minimum atomic E-state index is -3.53. The molecule has 1 N–H and O–H groups in total. The van der Waals surface area contributed by atoms with Crippen LogP contribution in [-0.2, 0) is 10.0 Å². The van der Waals surface area contributed by atoms with Gasteiger partial charge in [-0.25, -0.2) is 13.4 Å². The molecule has 0 spiro atoms. The largest absolute Gasteiger partial charge is 0.354 e. The summed E-state index contributed by atoms with van der Waals surface area (Å²) in [5.74, 6) is 0.927. The minimum absolute atomic E-state index is 0.325. The van der Waals surface area contributed by atoms with E-state index in [0.29, 0.717) is 15.9 Å². The monoisotopic (exact) mass is 365 g/mol. The van der Waals surface area contributed by atoms with Gasteiger partial charge in [0.25, 0.3) is 10.0 Å². The zero-order valence-corrected chi connectivity index (χ0v) is 15.7. The van der Waals surface area contributed by atoms with Crippen molar-refractivity contribution in [2.45, 2.75) is 49.8 Å². The number of rotatable bonds is 5. The molecule has 0 aromatic carbocycles. The molecule has 3 rings (SSSR count). The third-order valence-corrected chi connectivity index (χ3v) is 7.25. The van der Waals surface area contributed by atoms with Crippen LogP contribution >= 0.6 is 11.3 Å². The fraction of sp³-hybridized carbons (Fsp3) is 0.471. The normalized spacial score (nSPS) is 18.6. The first-order chi connectivity index (χ1) is 11.5. The van der Waals surface area contributed by atoms with Gasteiger partial charge in [0, 0.05) is 17.5 Å². The highest BCUT2D eigenvalue weighted by Crippen LogP contribution is 2.27. The first kappa shape index (κ1) is 17.2. The number of nitrogens with one attached hydrogen (secondary N) is 1. The van der Waals surface area contributed by atoms with Crippen LogP contribution in [0.25, 0.3) is 0 Å². The lowest BCUT2D eigenvalue weighted by Gasteiger charge is -2.36. The second-order valence-electron chi connectivity index (χ2n) is 6.13. The number of sulfonamides is 1. The molecule has 2 aromatic heterocycles. The summed E-state index contributed by atoms with van der Waals surface area (Å²) >= 11 is 1.26. The van der Waals surface area contributed by atoms with Crippen LogP contribution < -0.4 is 9.62 Å². The van der Waals surface area contributed by atoms with Gasteiger partial charge in [0.05, 0.1) is 11.9 Å². The standard InChI is InChI=1S/C17H23N3O2S2/c1-3-15-6-4-5-11-20(15)16-9-8-14(12-18-16)19-24(21,22)17-10-7-13(2)23-17/h7-10,12,15,19H,3-6,11H2,1-2H3. The topological polar surface area (TPSA) is 62.3 Å². The second-order valence-corrected chi connectivity index (χ2v) is 9.32. The molecule has 7 heteroatoms. The lowest BCUT2D eigenvalue weighted by molar-refractivity contribution is 0.447. The molecule has 2 aromatic rings. The summed E-state index contributed by atoms with van der Waals surface area (Å²) in [5.41, 5.74) is 0.495. The van der Waals surface area contributed by atoms with E-state index >= 15 is 0 Å². The van der Waals surface area contributed by atoms with E-state index in [2.05, 4.69) is 21.5 Å². The van der Waals surface area contributed by atoms with Crippen LogP contribution in [0.3, 0.4) is 0 Å². The predicted molar refractivity (Wildman–Crippen MR) is 99.4 cm³/mol. The van der Waals surface area contributed by atoms with E-state index in [1.807, 2.05) is 19.1 Å². The summed E-state index contributed by atoms with van der Waals surface area (Å²) in [5, 5.41) is 0. The van der Waals surface area contributed by atoms with Gasteiger partial charge < -0.3 is 4.90 Å². The summed E-state index contributed by atoms with van der Waals surface area (Å²) in [6.07, 6.45) is 6.37. The molecular formula is C17H23N3O2S2. The average molecular weight is 366 g/mol. The minimum Gasteiger partial charge on any atom is -0.354 e. The third-order valence-electron chi connectivity index (χ3n) is 4.37. The molecule has 3 heterocycles. The highest BCUT2D eigenvalue weighted by molar-refractivity contribution is 7.94. The summed E-state index contributed by atoms with van der Waals surface area (Å²) in [6.45, 7) is 5.11. The van der Waals surface area contributed by atoms with Crippen LogP contribution in [0.4, 0.5) is 11.5 Å². The van der Waals surface area contributed by atoms with Gasteiger partial charge in [-0.1, -0.05) is 6.92 Å². The number of thiophene rings is 1. The van der Waals surface area contributed by atoms with Crippen molar-refractivity contribution in [1.29, 1.82) is 0 Å². The molecule has 0 aliphatic carbocycles. The van der Waals surface area contributed by atoms with E-state index in [0.717, 1.165) is 23.7 Å². The first-order valence-electron chi connectivity index (χ1n) is 8.31. The average Bonchev–Trinajstić information content (AvgIpc) is 3.03. The van der Waals surface area contributed by atoms with Crippen molar-refractivity contribution in [3.8, 4) is 0 Å². The number of hydrogen-bond acceptors (Lipinski definition) is 5. The van der Waals surface area contributed by atoms with Gasteiger partial charge in [-0.15, -0.1) is 11.3 Å². The van der Waals surface area contributed by atoms with Crippen molar-refractivity contribution < 1.29 is 8.42 Å². The summed E-state index contributed by atoms with van der Waals surface area (Å²) < 4.78 is 27.7. The molecule has 24 heavy (non-hydrogen) atoms. The molecule has 1 aliphatic rings. The Hall–Kier alpha value is -1.60. The molecule has 0 amide bonds. The second kappa shape index (κ2) is 7.11. The number of piperidine rings is 1. The molecule has 1 aliphatic heterocycles. The number of nitrogens with zero attached hydrogens (tertiary/aromatic N) is 2.